The van der Waals surface area contributed by atoms with Gasteiger partial charge >= 0.3 is 5.97 Å². The molecule has 132 valence electrons. The fourth-order valence-corrected chi connectivity index (χ4v) is 4.32. The molecule has 0 bridgehead atoms. The zero-order valence-electron chi connectivity index (χ0n) is 13.9. The van der Waals surface area contributed by atoms with Crippen LogP contribution in [0.5, 0.6) is 0 Å². The van der Waals surface area contributed by atoms with Crippen LogP contribution in [0.3, 0.4) is 0 Å². The standard InChI is InChI=1S/C16H19N5O2S2/c1-2-8-21-14(18-19-20-21)10-23-15(22)13-6-4-3-5-12(13)11-25-16-17-7-9-24-16/h3-6H,2,7-11H2,1H3. The van der Waals surface area contributed by atoms with Gasteiger partial charge in [0.2, 0.25) is 0 Å². The average molecular weight is 377 g/mol. The van der Waals surface area contributed by atoms with Gasteiger partial charge in [-0.3, -0.25) is 4.99 Å². The van der Waals surface area contributed by atoms with E-state index in [4.69, 9.17) is 4.74 Å². The van der Waals surface area contributed by atoms with Crippen LogP contribution in [0.15, 0.2) is 29.3 Å². The first-order valence-corrected chi connectivity index (χ1v) is 10.0. The van der Waals surface area contributed by atoms with Crippen molar-refractivity contribution in [3.05, 3.63) is 41.2 Å². The van der Waals surface area contributed by atoms with E-state index in [-0.39, 0.29) is 12.6 Å². The van der Waals surface area contributed by atoms with Crippen LogP contribution in [0.2, 0.25) is 0 Å². The summed E-state index contributed by atoms with van der Waals surface area (Å²) in [6, 6.07) is 7.51. The first-order chi connectivity index (χ1) is 12.3. The van der Waals surface area contributed by atoms with Crippen molar-refractivity contribution in [2.75, 3.05) is 12.3 Å². The minimum Gasteiger partial charge on any atom is -0.454 e. The first-order valence-electron chi connectivity index (χ1n) is 8.08. The van der Waals surface area contributed by atoms with Crippen molar-refractivity contribution >= 4 is 33.9 Å². The lowest BCUT2D eigenvalue weighted by atomic mass is 10.1. The fraction of sp³-hybridized carbons (Fsp3) is 0.438. The Morgan fingerprint density at radius 2 is 2.28 bits per heavy atom. The average Bonchev–Trinajstić information content (AvgIpc) is 3.30. The largest absolute Gasteiger partial charge is 0.454 e. The van der Waals surface area contributed by atoms with Gasteiger partial charge in [-0.1, -0.05) is 48.6 Å². The maximum atomic E-state index is 12.5. The zero-order chi connectivity index (χ0) is 17.5. The Kier molecular flexibility index (Phi) is 6.46. The molecule has 0 fully saturated rings. The summed E-state index contributed by atoms with van der Waals surface area (Å²) in [4.78, 5) is 16.9. The number of rotatable bonds is 7. The van der Waals surface area contributed by atoms with Crippen LogP contribution in [0, 0.1) is 0 Å². The Balaban J connectivity index is 1.62. The molecule has 0 unspecified atom stereocenters. The Morgan fingerprint density at radius 3 is 3.08 bits per heavy atom. The van der Waals surface area contributed by atoms with E-state index in [1.807, 2.05) is 25.1 Å². The van der Waals surface area contributed by atoms with Gasteiger partial charge in [-0.2, -0.15) is 0 Å². The van der Waals surface area contributed by atoms with Crippen LogP contribution < -0.4 is 0 Å². The van der Waals surface area contributed by atoms with E-state index in [0.717, 1.165) is 28.7 Å². The zero-order valence-corrected chi connectivity index (χ0v) is 15.6. The Bertz CT molecular complexity index is 762. The summed E-state index contributed by atoms with van der Waals surface area (Å²) in [5.41, 5.74) is 1.52. The van der Waals surface area contributed by atoms with Crippen LogP contribution in [0.4, 0.5) is 0 Å². The predicted octanol–water partition coefficient (Wildman–Crippen LogP) is 2.78. The van der Waals surface area contributed by atoms with Crippen molar-refractivity contribution in [1.29, 1.82) is 0 Å². The van der Waals surface area contributed by atoms with Gasteiger partial charge in [-0.25, -0.2) is 9.48 Å². The number of benzene rings is 1. The molecule has 0 radical (unpaired) electrons. The molecule has 25 heavy (non-hydrogen) atoms. The molecule has 2 heterocycles. The van der Waals surface area contributed by atoms with Crippen LogP contribution in [0.1, 0.15) is 35.1 Å². The van der Waals surface area contributed by atoms with Crippen molar-refractivity contribution in [3.63, 3.8) is 0 Å². The maximum absolute atomic E-state index is 12.5. The second-order valence-corrected chi connectivity index (χ2v) is 7.64. The number of ether oxygens (including phenoxy) is 1. The Labute approximate surface area is 154 Å². The SMILES string of the molecule is CCCn1nnnc1COC(=O)c1ccccc1CSC1=NCCS1. The summed E-state index contributed by atoms with van der Waals surface area (Å²) in [6.45, 7) is 3.68. The topological polar surface area (TPSA) is 82.3 Å². The van der Waals surface area contributed by atoms with Gasteiger partial charge in [-0.05, 0) is 28.5 Å². The van der Waals surface area contributed by atoms with Gasteiger partial charge in [0, 0.05) is 18.1 Å². The molecular formula is C16H19N5O2S2. The molecule has 0 aliphatic carbocycles. The molecule has 1 aromatic heterocycles. The molecule has 0 saturated carbocycles. The van der Waals surface area contributed by atoms with E-state index >= 15 is 0 Å². The molecule has 0 spiro atoms. The highest BCUT2D eigenvalue weighted by molar-refractivity contribution is 8.38. The molecule has 7 nitrogen and oxygen atoms in total. The second kappa shape index (κ2) is 9.00. The maximum Gasteiger partial charge on any atom is 0.338 e. The van der Waals surface area contributed by atoms with Crippen LogP contribution in [-0.4, -0.2) is 42.8 Å². The fourth-order valence-electron chi connectivity index (χ4n) is 2.31. The number of carbonyl (C=O) groups excluding carboxylic acids is 1. The van der Waals surface area contributed by atoms with Crippen molar-refractivity contribution in [3.8, 4) is 0 Å². The molecule has 1 aromatic carbocycles. The normalized spacial score (nSPS) is 13.7. The number of nitrogens with zero attached hydrogens (tertiary/aromatic N) is 5. The minimum absolute atomic E-state index is 0.0653. The van der Waals surface area contributed by atoms with Gasteiger partial charge in [0.05, 0.1) is 12.1 Å². The number of aryl methyl sites for hydroxylation is 1. The molecule has 0 saturated heterocycles. The summed E-state index contributed by atoms with van der Waals surface area (Å²) in [5, 5.41) is 11.4. The Morgan fingerprint density at radius 1 is 1.40 bits per heavy atom. The van der Waals surface area contributed by atoms with Crippen LogP contribution in [0.25, 0.3) is 0 Å². The number of tetrazole rings is 1. The van der Waals surface area contributed by atoms with Crippen LogP contribution >= 0.6 is 23.5 Å². The van der Waals surface area contributed by atoms with E-state index in [0.29, 0.717) is 23.7 Å². The van der Waals surface area contributed by atoms with Gasteiger partial charge < -0.3 is 4.74 Å². The quantitative estimate of drug-likeness (QED) is 0.686. The predicted molar refractivity (Wildman–Crippen MR) is 99.7 cm³/mol. The van der Waals surface area contributed by atoms with E-state index in [1.165, 1.54) is 0 Å². The number of aromatic nitrogens is 4. The molecule has 0 amide bonds. The summed E-state index contributed by atoms with van der Waals surface area (Å²) < 4.78 is 8.17. The molecule has 9 heteroatoms. The van der Waals surface area contributed by atoms with Crippen molar-refractivity contribution < 1.29 is 9.53 Å². The minimum atomic E-state index is -0.358. The third-order valence-corrected chi connectivity index (χ3v) is 5.82. The lowest BCUT2D eigenvalue weighted by Gasteiger charge is -2.09. The van der Waals surface area contributed by atoms with E-state index in [1.54, 1.807) is 34.3 Å². The molecular weight excluding hydrogens is 358 g/mol. The van der Waals surface area contributed by atoms with Crippen molar-refractivity contribution in [2.45, 2.75) is 32.2 Å². The van der Waals surface area contributed by atoms with E-state index in [2.05, 4.69) is 20.5 Å². The molecule has 0 atom stereocenters. The van der Waals surface area contributed by atoms with Gasteiger partial charge in [0.25, 0.3) is 0 Å². The summed E-state index contributed by atoms with van der Waals surface area (Å²) >= 11 is 3.42. The van der Waals surface area contributed by atoms with Gasteiger partial charge in [0.15, 0.2) is 12.4 Å². The lowest BCUT2D eigenvalue weighted by molar-refractivity contribution is 0.0455. The van der Waals surface area contributed by atoms with Crippen molar-refractivity contribution in [2.24, 2.45) is 4.99 Å². The summed E-state index contributed by atoms with van der Waals surface area (Å²) in [7, 11) is 0. The summed E-state index contributed by atoms with van der Waals surface area (Å²) in [5.74, 6) is 1.94. The van der Waals surface area contributed by atoms with Crippen LogP contribution in [-0.2, 0) is 23.6 Å². The monoisotopic (exact) mass is 377 g/mol. The number of hydrogen-bond donors (Lipinski definition) is 0. The van der Waals surface area contributed by atoms with E-state index in [9.17, 15) is 4.79 Å². The number of carbonyl (C=O) groups is 1. The number of hydrogen-bond acceptors (Lipinski definition) is 8. The van der Waals surface area contributed by atoms with Crippen molar-refractivity contribution in [1.82, 2.24) is 20.2 Å². The second-order valence-electron chi connectivity index (χ2n) is 5.34. The third-order valence-electron chi connectivity index (χ3n) is 3.52. The highest BCUT2D eigenvalue weighted by Crippen LogP contribution is 2.26. The summed E-state index contributed by atoms with van der Waals surface area (Å²) in [6.07, 6.45) is 0.911. The highest BCUT2D eigenvalue weighted by Gasteiger charge is 2.16. The molecule has 2 aromatic rings. The molecule has 1 aliphatic rings. The number of thioether (sulfide) groups is 2. The molecule has 3 rings (SSSR count). The Hall–Kier alpha value is -1.87. The lowest BCUT2D eigenvalue weighted by Crippen LogP contribution is -2.12. The molecule has 0 N–H and O–H groups in total. The molecule has 1 aliphatic heterocycles. The van der Waals surface area contributed by atoms with Gasteiger partial charge in [-0.15, -0.1) is 5.10 Å². The number of aliphatic imine (C=N–C) groups is 1. The smallest absolute Gasteiger partial charge is 0.338 e. The number of esters is 1. The van der Waals surface area contributed by atoms with E-state index < -0.39 is 0 Å². The van der Waals surface area contributed by atoms with Gasteiger partial charge in [0.1, 0.15) is 4.38 Å². The first kappa shape index (κ1) is 17.9. The third kappa shape index (κ3) is 4.82. The highest BCUT2D eigenvalue weighted by atomic mass is 32.2.